The van der Waals surface area contributed by atoms with Crippen molar-refractivity contribution in [1.82, 2.24) is 10.2 Å². The Morgan fingerprint density at radius 2 is 2.04 bits per heavy atom. The van der Waals surface area contributed by atoms with Crippen molar-refractivity contribution in [2.24, 2.45) is 0 Å². The van der Waals surface area contributed by atoms with E-state index in [-0.39, 0.29) is 11.7 Å². The zero-order valence-corrected chi connectivity index (χ0v) is 14.9. The summed E-state index contributed by atoms with van der Waals surface area (Å²) < 4.78 is 27.0. The summed E-state index contributed by atoms with van der Waals surface area (Å²) in [6, 6.07) is 9.96. The standard InChI is InChI=1S/C16H10ClF2N3OS2/c17-11-3-1-2-9(6-11)14(23)20-15-21-22-16(25-15)24-8-10-4-5-12(18)7-13(10)19/h1-7H,8H2,(H,20,21,23). The van der Waals surface area contributed by atoms with Gasteiger partial charge in [0.1, 0.15) is 11.6 Å². The molecule has 1 aromatic heterocycles. The van der Waals surface area contributed by atoms with E-state index in [9.17, 15) is 13.6 Å². The predicted molar refractivity (Wildman–Crippen MR) is 95.2 cm³/mol. The fourth-order valence-electron chi connectivity index (χ4n) is 1.90. The van der Waals surface area contributed by atoms with Crippen LogP contribution in [0.15, 0.2) is 46.8 Å². The number of hydrogen-bond acceptors (Lipinski definition) is 5. The van der Waals surface area contributed by atoms with Gasteiger partial charge in [0.25, 0.3) is 5.91 Å². The maximum absolute atomic E-state index is 13.6. The summed E-state index contributed by atoms with van der Waals surface area (Å²) in [4.78, 5) is 12.1. The van der Waals surface area contributed by atoms with Gasteiger partial charge in [0.15, 0.2) is 4.34 Å². The summed E-state index contributed by atoms with van der Waals surface area (Å²) in [5.41, 5.74) is 0.774. The smallest absolute Gasteiger partial charge is 0.257 e. The molecule has 25 heavy (non-hydrogen) atoms. The van der Waals surface area contributed by atoms with Crippen LogP contribution in [0.4, 0.5) is 13.9 Å². The van der Waals surface area contributed by atoms with Crippen LogP contribution in [0.1, 0.15) is 15.9 Å². The minimum absolute atomic E-state index is 0.281. The van der Waals surface area contributed by atoms with E-state index >= 15 is 0 Å². The molecular formula is C16H10ClF2N3OS2. The highest BCUT2D eigenvalue weighted by Crippen LogP contribution is 2.29. The van der Waals surface area contributed by atoms with Gasteiger partial charge in [-0.1, -0.05) is 46.8 Å². The lowest BCUT2D eigenvalue weighted by atomic mass is 10.2. The zero-order valence-electron chi connectivity index (χ0n) is 12.5. The molecule has 1 heterocycles. The van der Waals surface area contributed by atoms with Crippen molar-refractivity contribution in [3.63, 3.8) is 0 Å². The van der Waals surface area contributed by atoms with E-state index < -0.39 is 11.6 Å². The lowest BCUT2D eigenvalue weighted by Gasteiger charge is -2.01. The van der Waals surface area contributed by atoms with Crippen molar-refractivity contribution < 1.29 is 13.6 Å². The number of nitrogens with zero attached hydrogens (tertiary/aromatic N) is 2. The largest absolute Gasteiger partial charge is 0.296 e. The van der Waals surface area contributed by atoms with Crippen LogP contribution in [0.5, 0.6) is 0 Å². The Morgan fingerprint density at radius 3 is 2.80 bits per heavy atom. The van der Waals surface area contributed by atoms with Crippen LogP contribution in [0, 0.1) is 11.6 Å². The Labute approximate surface area is 155 Å². The molecular weight excluding hydrogens is 388 g/mol. The lowest BCUT2D eigenvalue weighted by molar-refractivity contribution is 0.102. The number of nitrogens with one attached hydrogen (secondary N) is 1. The summed E-state index contributed by atoms with van der Waals surface area (Å²) in [6.45, 7) is 0. The van der Waals surface area contributed by atoms with Gasteiger partial charge < -0.3 is 0 Å². The van der Waals surface area contributed by atoms with Gasteiger partial charge in [-0.15, -0.1) is 10.2 Å². The third-order valence-corrected chi connectivity index (χ3v) is 5.34. The topological polar surface area (TPSA) is 54.9 Å². The molecule has 0 aliphatic rings. The minimum atomic E-state index is -0.617. The number of benzene rings is 2. The van der Waals surface area contributed by atoms with Crippen LogP contribution in [-0.4, -0.2) is 16.1 Å². The normalized spacial score (nSPS) is 10.7. The van der Waals surface area contributed by atoms with Crippen molar-refractivity contribution in [3.8, 4) is 0 Å². The minimum Gasteiger partial charge on any atom is -0.296 e. The van der Waals surface area contributed by atoms with Gasteiger partial charge in [-0.25, -0.2) is 8.78 Å². The van der Waals surface area contributed by atoms with Crippen LogP contribution in [-0.2, 0) is 5.75 Å². The summed E-state index contributed by atoms with van der Waals surface area (Å²) in [5.74, 6) is -1.29. The molecule has 0 saturated carbocycles. The number of aromatic nitrogens is 2. The van der Waals surface area contributed by atoms with Crippen LogP contribution in [0.3, 0.4) is 0 Å². The van der Waals surface area contributed by atoms with Crippen molar-refractivity contribution in [3.05, 3.63) is 70.2 Å². The molecule has 128 valence electrons. The number of carbonyl (C=O) groups excluding carboxylic acids is 1. The molecule has 2 aromatic carbocycles. The average molecular weight is 398 g/mol. The van der Waals surface area contributed by atoms with Crippen molar-refractivity contribution in [1.29, 1.82) is 0 Å². The Bertz CT molecular complexity index is 920. The fraction of sp³-hybridized carbons (Fsp3) is 0.0625. The van der Waals surface area contributed by atoms with Crippen LogP contribution >= 0.6 is 34.7 Å². The molecule has 0 aliphatic carbocycles. The molecule has 9 heteroatoms. The second kappa shape index (κ2) is 7.90. The molecule has 0 radical (unpaired) electrons. The van der Waals surface area contributed by atoms with Gasteiger partial charge in [0.2, 0.25) is 5.13 Å². The summed E-state index contributed by atoms with van der Waals surface area (Å²) in [5, 5.41) is 11.2. The predicted octanol–water partition coefficient (Wildman–Crippen LogP) is 5.01. The number of thioether (sulfide) groups is 1. The second-order valence-electron chi connectivity index (χ2n) is 4.86. The van der Waals surface area contributed by atoms with Gasteiger partial charge in [-0.05, 0) is 29.8 Å². The van der Waals surface area contributed by atoms with E-state index in [1.165, 1.54) is 35.2 Å². The quantitative estimate of drug-likeness (QED) is 0.485. The molecule has 1 N–H and O–H groups in total. The molecule has 0 fully saturated rings. The average Bonchev–Trinajstić information content (AvgIpc) is 3.01. The van der Waals surface area contributed by atoms with Gasteiger partial charge in [-0.2, -0.15) is 0 Å². The first-order valence-corrected chi connectivity index (χ1v) is 9.16. The Kier molecular flexibility index (Phi) is 5.62. The van der Waals surface area contributed by atoms with Crippen molar-refractivity contribution in [2.75, 3.05) is 5.32 Å². The molecule has 3 rings (SSSR count). The van der Waals surface area contributed by atoms with E-state index in [1.807, 2.05) is 0 Å². The molecule has 0 bridgehead atoms. The first-order valence-electron chi connectivity index (χ1n) is 6.98. The highest BCUT2D eigenvalue weighted by atomic mass is 35.5. The van der Waals surface area contributed by atoms with Gasteiger partial charge in [0, 0.05) is 22.4 Å². The molecule has 0 saturated heterocycles. The van der Waals surface area contributed by atoms with E-state index in [0.717, 1.165) is 6.07 Å². The van der Waals surface area contributed by atoms with Crippen LogP contribution in [0.25, 0.3) is 0 Å². The molecule has 0 unspecified atom stereocenters. The Balaban J connectivity index is 1.61. The van der Waals surface area contributed by atoms with Crippen LogP contribution in [0.2, 0.25) is 5.02 Å². The SMILES string of the molecule is O=C(Nc1nnc(SCc2ccc(F)cc2F)s1)c1cccc(Cl)c1. The van der Waals surface area contributed by atoms with Crippen molar-refractivity contribution in [2.45, 2.75) is 10.1 Å². The monoisotopic (exact) mass is 397 g/mol. The van der Waals surface area contributed by atoms with Gasteiger partial charge in [-0.3, -0.25) is 10.1 Å². The Hall–Kier alpha value is -2.03. The third kappa shape index (κ3) is 4.75. The molecule has 3 aromatic rings. The summed E-state index contributed by atoms with van der Waals surface area (Å²) in [6.07, 6.45) is 0. The summed E-state index contributed by atoms with van der Waals surface area (Å²) >= 11 is 8.27. The third-order valence-electron chi connectivity index (χ3n) is 3.08. The zero-order chi connectivity index (χ0) is 17.8. The molecule has 1 amide bonds. The molecule has 0 aliphatic heterocycles. The van der Waals surface area contributed by atoms with E-state index in [1.54, 1.807) is 24.3 Å². The van der Waals surface area contributed by atoms with E-state index in [4.69, 9.17) is 11.6 Å². The molecule has 0 spiro atoms. The highest BCUT2D eigenvalue weighted by molar-refractivity contribution is 8.00. The van der Waals surface area contributed by atoms with E-state index in [0.29, 0.717) is 25.6 Å². The van der Waals surface area contributed by atoms with Gasteiger partial charge >= 0.3 is 0 Å². The van der Waals surface area contributed by atoms with Crippen LogP contribution < -0.4 is 5.32 Å². The maximum Gasteiger partial charge on any atom is 0.257 e. The number of rotatable bonds is 5. The number of carbonyl (C=O) groups is 1. The molecule has 4 nitrogen and oxygen atoms in total. The van der Waals surface area contributed by atoms with E-state index in [2.05, 4.69) is 15.5 Å². The molecule has 0 atom stereocenters. The highest BCUT2D eigenvalue weighted by Gasteiger charge is 2.12. The number of anilines is 1. The van der Waals surface area contributed by atoms with Crippen molar-refractivity contribution >= 4 is 45.7 Å². The number of hydrogen-bond donors (Lipinski definition) is 1. The number of amides is 1. The Morgan fingerprint density at radius 1 is 1.20 bits per heavy atom. The second-order valence-corrected chi connectivity index (χ2v) is 7.50. The first-order chi connectivity index (χ1) is 12.0. The summed E-state index contributed by atoms with van der Waals surface area (Å²) in [7, 11) is 0. The number of halogens is 3. The van der Waals surface area contributed by atoms with Gasteiger partial charge in [0.05, 0.1) is 0 Å². The lowest BCUT2D eigenvalue weighted by Crippen LogP contribution is -2.11. The first kappa shape index (κ1) is 17.8. The fourth-order valence-corrected chi connectivity index (χ4v) is 3.82. The maximum atomic E-state index is 13.6.